The fourth-order valence-electron chi connectivity index (χ4n) is 2.51. The first-order valence-electron chi connectivity index (χ1n) is 9.16. The number of carbonyl (C=O) groups is 2. The number of carbonyl (C=O) groups excluding carboxylic acids is 2. The number of amides is 1. The first kappa shape index (κ1) is 23.3. The molecule has 0 atom stereocenters. The molecule has 162 valence electrons. The molecule has 0 aromatic heterocycles. The van der Waals surface area contributed by atoms with E-state index in [2.05, 4.69) is 0 Å². The van der Waals surface area contributed by atoms with Crippen molar-refractivity contribution in [1.29, 1.82) is 0 Å². The molecule has 0 spiro atoms. The first-order chi connectivity index (χ1) is 13.8. The Bertz CT molecular complexity index is 913. The van der Waals surface area contributed by atoms with E-state index in [4.69, 9.17) is 9.47 Å². The van der Waals surface area contributed by atoms with Gasteiger partial charge in [-0.05, 0) is 57.2 Å². The van der Waals surface area contributed by atoms with Gasteiger partial charge in [-0.3, -0.25) is 4.79 Å². The van der Waals surface area contributed by atoms with Crippen LogP contribution in [-0.4, -0.2) is 36.5 Å². The zero-order valence-corrected chi connectivity index (χ0v) is 17.5. The van der Waals surface area contributed by atoms with E-state index in [0.29, 0.717) is 11.3 Å². The summed E-state index contributed by atoms with van der Waals surface area (Å²) in [7, 11) is 3.27. The number of nitrogens with zero attached hydrogens (tertiary/aromatic N) is 1. The average molecular weight is 423 g/mol. The van der Waals surface area contributed by atoms with E-state index in [1.807, 2.05) is 0 Å². The lowest BCUT2D eigenvalue weighted by atomic mass is 10.0. The van der Waals surface area contributed by atoms with Crippen molar-refractivity contribution in [3.63, 3.8) is 0 Å². The molecule has 0 aliphatic heterocycles. The third kappa shape index (κ3) is 6.23. The Kier molecular flexibility index (Phi) is 6.80. The second-order valence-electron chi connectivity index (χ2n) is 7.88. The van der Waals surface area contributed by atoms with Crippen LogP contribution in [0.2, 0.25) is 0 Å². The fraction of sp³-hybridized carbons (Fsp3) is 0.364. The summed E-state index contributed by atoms with van der Waals surface area (Å²) in [5, 5.41) is 0. The standard InChI is InChI=1S/C22H24F3NO4/c1-21(2,3)30-20(28)18-12-16(22(23,24)25)9-6-15(18)13-29-17-10-7-14(8-11-17)19(27)26(4)5/h6-12H,13H2,1-5H3. The molecule has 0 heterocycles. The molecule has 0 bridgehead atoms. The minimum atomic E-state index is -4.59. The largest absolute Gasteiger partial charge is 0.489 e. The molecule has 0 unspecified atom stereocenters. The molecule has 8 heteroatoms. The Hall–Kier alpha value is -3.03. The van der Waals surface area contributed by atoms with Crippen molar-refractivity contribution >= 4 is 11.9 Å². The molecule has 0 radical (unpaired) electrons. The van der Waals surface area contributed by atoms with Crippen LogP contribution in [-0.2, 0) is 17.5 Å². The van der Waals surface area contributed by atoms with Gasteiger partial charge >= 0.3 is 12.1 Å². The minimum absolute atomic E-state index is 0.145. The molecule has 0 saturated heterocycles. The second kappa shape index (κ2) is 8.77. The molecule has 5 nitrogen and oxygen atoms in total. The van der Waals surface area contributed by atoms with E-state index in [1.165, 1.54) is 11.0 Å². The van der Waals surface area contributed by atoms with Gasteiger partial charge in [0.2, 0.25) is 0 Å². The summed E-state index contributed by atoms with van der Waals surface area (Å²) in [6.07, 6.45) is -4.59. The zero-order chi connectivity index (χ0) is 22.7. The summed E-state index contributed by atoms with van der Waals surface area (Å²) in [5.74, 6) is -0.629. The first-order valence-corrected chi connectivity index (χ1v) is 9.16. The van der Waals surface area contributed by atoms with Crippen LogP contribution in [0.25, 0.3) is 0 Å². The number of halogens is 3. The molecule has 1 amide bonds. The maximum Gasteiger partial charge on any atom is 0.416 e. The van der Waals surface area contributed by atoms with E-state index in [-0.39, 0.29) is 23.6 Å². The maximum atomic E-state index is 13.1. The number of esters is 1. The van der Waals surface area contributed by atoms with Gasteiger partial charge in [0.05, 0.1) is 11.1 Å². The molecule has 30 heavy (non-hydrogen) atoms. The van der Waals surface area contributed by atoms with Crippen LogP contribution in [0.3, 0.4) is 0 Å². The Morgan fingerprint density at radius 3 is 2.07 bits per heavy atom. The monoisotopic (exact) mass is 423 g/mol. The minimum Gasteiger partial charge on any atom is -0.489 e. The highest BCUT2D eigenvalue weighted by molar-refractivity contribution is 5.94. The lowest BCUT2D eigenvalue weighted by Gasteiger charge is -2.21. The summed E-state index contributed by atoms with van der Waals surface area (Å²) in [4.78, 5) is 25.8. The fourth-order valence-corrected chi connectivity index (χ4v) is 2.51. The van der Waals surface area contributed by atoms with Crippen molar-refractivity contribution in [2.24, 2.45) is 0 Å². The molecule has 0 N–H and O–H groups in total. The van der Waals surface area contributed by atoms with Gasteiger partial charge in [-0.1, -0.05) is 6.07 Å². The lowest BCUT2D eigenvalue weighted by molar-refractivity contribution is -0.137. The van der Waals surface area contributed by atoms with E-state index >= 15 is 0 Å². The molecule has 0 saturated carbocycles. The predicted octanol–water partition coefficient (Wildman–Crippen LogP) is 4.94. The molecule has 0 fully saturated rings. The van der Waals surface area contributed by atoms with Crippen LogP contribution in [0.1, 0.15) is 52.6 Å². The van der Waals surface area contributed by atoms with Gasteiger partial charge in [0.15, 0.2) is 0 Å². The van der Waals surface area contributed by atoms with E-state index < -0.39 is 23.3 Å². The molecule has 2 aromatic rings. The highest BCUT2D eigenvalue weighted by Gasteiger charge is 2.32. The van der Waals surface area contributed by atoms with Crippen LogP contribution in [0.5, 0.6) is 5.75 Å². The summed E-state index contributed by atoms with van der Waals surface area (Å²) >= 11 is 0. The molecule has 2 aromatic carbocycles. The predicted molar refractivity (Wildman–Crippen MR) is 105 cm³/mol. The van der Waals surface area contributed by atoms with Gasteiger partial charge in [0, 0.05) is 25.2 Å². The van der Waals surface area contributed by atoms with Crippen molar-refractivity contribution in [3.8, 4) is 5.75 Å². The van der Waals surface area contributed by atoms with E-state index in [9.17, 15) is 22.8 Å². The van der Waals surface area contributed by atoms with Crippen molar-refractivity contribution in [2.75, 3.05) is 14.1 Å². The van der Waals surface area contributed by atoms with Crippen LogP contribution < -0.4 is 4.74 Å². The lowest BCUT2D eigenvalue weighted by Crippen LogP contribution is -2.25. The van der Waals surface area contributed by atoms with Gasteiger partial charge < -0.3 is 14.4 Å². The highest BCUT2D eigenvalue weighted by atomic mass is 19.4. The van der Waals surface area contributed by atoms with Crippen molar-refractivity contribution < 1.29 is 32.2 Å². The van der Waals surface area contributed by atoms with Crippen molar-refractivity contribution in [3.05, 3.63) is 64.7 Å². The number of rotatable bonds is 5. The second-order valence-corrected chi connectivity index (χ2v) is 7.88. The van der Waals surface area contributed by atoms with E-state index in [0.717, 1.165) is 12.1 Å². The highest BCUT2D eigenvalue weighted by Crippen LogP contribution is 2.31. The van der Waals surface area contributed by atoms with Crippen molar-refractivity contribution in [1.82, 2.24) is 4.90 Å². The van der Waals surface area contributed by atoms with Gasteiger partial charge in [-0.15, -0.1) is 0 Å². The van der Waals surface area contributed by atoms with Crippen molar-refractivity contribution in [2.45, 2.75) is 39.2 Å². The summed E-state index contributed by atoms with van der Waals surface area (Å²) in [5.41, 5.74) is -1.29. The normalized spacial score (nSPS) is 11.7. The number of hydrogen-bond acceptors (Lipinski definition) is 4. The maximum absolute atomic E-state index is 13.1. The van der Waals surface area contributed by atoms with Crippen LogP contribution in [0, 0.1) is 0 Å². The van der Waals surface area contributed by atoms with Gasteiger partial charge in [-0.25, -0.2) is 4.79 Å². The van der Waals surface area contributed by atoms with Crippen LogP contribution in [0.4, 0.5) is 13.2 Å². The molecular weight excluding hydrogens is 399 g/mol. The van der Waals surface area contributed by atoms with Gasteiger partial charge in [0.1, 0.15) is 18.0 Å². The molecule has 2 rings (SSSR count). The quantitative estimate of drug-likeness (QED) is 0.639. The number of ether oxygens (including phenoxy) is 2. The third-order valence-corrected chi connectivity index (χ3v) is 3.96. The number of hydrogen-bond donors (Lipinski definition) is 0. The topological polar surface area (TPSA) is 55.8 Å². The Morgan fingerprint density at radius 1 is 0.967 bits per heavy atom. The van der Waals surface area contributed by atoms with Gasteiger partial charge in [-0.2, -0.15) is 13.2 Å². The average Bonchev–Trinajstić information content (AvgIpc) is 2.63. The number of alkyl halides is 3. The third-order valence-electron chi connectivity index (χ3n) is 3.96. The van der Waals surface area contributed by atoms with E-state index in [1.54, 1.807) is 59.1 Å². The molecule has 0 aliphatic rings. The Balaban J connectivity index is 2.25. The Labute approximate surface area is 173 Å². The summed E-state index contributed by atoms with van der Waals surface area (Å²) in [6, 6.07) is 9.18. The Morgan fingerprint density at radius 2 is 1.57 bits per heavy atom. The zero-order valence-electron chi connectivity index (χ0n) is 17.5. The smallest absolute Gasteiger partial charge is 0.416 e. The van der Waals surface area contributed by atoms with Crippen LogP contribution >= 0.6 is 0 Å². The van der Waals surface area contributed by atoms with Crippen LogP contribution in [0.15, 0.2) is 42.5 Å². The summed E-state index contributed by atoms with van der Waals surface area (Å²) in [6.45, 7) is 4.75. The SMILES string of the molecule is CN(C)C(=O)c1ccc(OCc2ccc(C(F)(F)F)cc2C(=O)OC(C)(C)C)cc1. The molecule has 0 aliphatic carbocycles. The van der Waals surface area contributed by atoms with Gasteiger partial charge in [0.25, 0.3) is 5.91 Å². The summed E-state index contributed by atoms with van der Waals surface area (Å²) < 4.78 is 50.2. The molecular formula is C22H24F3NO4. The number of benzene rings is 2.